The monoisotopic (exact) mass is 663 g/mol. The summed E-state index contributed by atoms with van der Waals surface area (Å²) in [6.07, 6.45) is -3.86. The SMILES string of the molecule is CC(CCN(Cc1cccc(C(F)(F)F)c1Cl)CC(c1ccccc1)c1ccccc1)Oc1cc(F)c(CO)c(S(C)(=O)=O)c1. The van der Waals surface area contributed by atoms with Gasteiger partial charge in [-0.1, -0.05) is 84.4 Å². The van der Waals surface area contributed by atoms with E-state index < -0.39 is 40.1 Å². The van der Waals surface area contributed by atoms with Crippen molar-refractivity contribution in [1.29, 1.82) is 0 Å². The van der Waals surface area contributed by atoms with Crippen LogP contribution in [-0.4, -0.2) is 43.9 Å². The van der Waals surface area contributed by atoms with Gasteiger partial charge in [-0.25, -0.2) is 12.8 Å². The Morgan fingerprint density at radius 3 is 2.07 bits per heavy atom. The van der Waals surface area contributed by atoms with Crippen molar-refractivity contribution in [3.63, 3.8) is 0 Å². The average molecular weight is 664 g/mol. The van der Waals surface area contributed by atoms with E-state index in [4.69, 9.17) is 16.3 Å². The minimum Gasteiger partial charge on any atom is -0.491 e. The van der Waals surface area contributed by atoms with Crippen LogP contribution in [0.3, 0.4) is 0 Å². The fourth-order valence-electron chi connectivity index (χ4n) is 5.22. The second-order valence-corrected chi connectivity index (χ2v) is 13.3. The quantitative estimate of drug-likeness (QED) is 0.147. The minimum absolute atomic E-state index is 0.0171. The number of aliphatic hydroxyl groups is 1. The molecule has 240 valence electrons. The maximum absolute atomic E-state index is 14.7. The van der Waals surface area contributed by atoms with E-state index in [0.29, 0.717) is 25.1 Å². The van der Waals surface area contributed by atoms with Crippen LogP contribution in [0.5, 0.6) is 5.75 Å². The summed E-state index contributed by atoms with van der Waals surface area (Å²) in [5.74, 6) is -1.04. The van der Waals surface area contributed by atoms with E-state index in [1.54, 1.807) is 13.0 Å². The lowest BCUT2D eigenvalue weighted by molar-refractivity contribution is -0.137. The van der Waals surface area contributed by atoms with Gasteiger partial charge in [0.05, 0.1) is 28.2 Å². The first-order chi connectivity index (χ1) is 21.3. The van der Waals surface area contributed by atoms with Gasteiger partial charge in [0.1, 0.15) is 11.6 Å². The maximum atomic E-state index is 14.7. The molecule has 45 heavy (non-hydrogen) atoms. The first-order valence-corrected chi connectivity index (χ1v) is 16.5. The van der Waals surface area contributed by atoms with Gasteiger partial charge < -0.3 is 9.84 Å². The smallest absolute Gasteiger partial charge is 0.417 e. The van der Waals surface area contributed by atoms with Gasteiger partial charge in [-0.05, 0) is 42.2 Å². The predicted molar refractivity (Wildman–Crippen MR) is 167 cm³/mol. The highest BCUT2D eigenvalue weighted by molar-refractivity contribution is 7.90. The van der Waals surface area contributed by atoms with Crippen molar-refractivity contribution in [2.45, 2.75) is 49.6 Å². The highest BCUT2D eigenvalue weighted by atomic mass is 35.5. The fourth-order valence-corrected chi connectivity index (χ4v) is 6.46. The van der Waals surface area contributed by atoms with E-state index in [2.05, 4.69) is 0 Å². The first-order valence-electron chi connectivity index (χ1n) is 14.2. The Hall–Kier alpha value is -3.44. The highest BCUT2D eigenvalue weighted by Crippen LogP contribution is 2.37. The number of hydrogen-bond acceptors (Lipinski definition) is 5. The molecule has 0 fully saturated rings. The van der Waals surface area contributed by atoms with Crippen LogP contribution in [0.15, 0.2) is 95.9 Å². The van der Waals surface area contributed by atoms with E-state index in [9.17, 15) is 31.1 Å². The first kappa shape index (κ1) is 34.4. The lowest BCUT2D eigenvalue weighted by Gasteiger charge is -2.30. The van der Waals surface area contributed by atoms with E-state index in [-0.39, 0.29) is 33.7 Å². The van der Waals surface area contributed by atoms with Gasteiger partial charge in [0, 0.05) is 43.4 Å². The molecule has 1 N–H and O–H groups in total. The van der Waals surface area contributed by atoms with Crippen LogP contribution in [0, 0.1) is 5.82 Å². The number of ether oxygens (including phenoxy) is 1. The summed E-state index contributed by atoms with van der Waals surface area (Å²) in [4.78, 5) is 1.64. The van der Waals surface area contributed by atoms with Crippen molar-refractivity contribution >= 4 is 21.4 Å². The molecule has 0 heterocycles. The summed E-state index contributed by atoms with van der Waals surface area (Å²) in [5, 5.41) is 9.14. The van der Waals surface area contributed by atoms with Gasteiger partial charge in [0.25, 0.3) is 0 Å². The number of nitrogens with zero attached hydrogens (tertiary/aromatic N) is 1. The van der Waals surface area contributed by atoms with Crippen LogP contribution in [0.1, 0.15) is 47.1 Å². The summed E-state index contributed by atoms with van der Waals surface area (Å²) >= 11 is 6.30. The van der Waals surface area contributed by atoms with Gasteiger partial charge >= 0.3 is 6.18 Å². The van der Waals surface area contributed by atoms with Crippen LogP contribution in [0.4, 0.5) is 17.6 Å². The van der Waals surface area contributed by atoms with Crippen molar-refractivity contribution in [3.05, 3.63) is 130 Å². The Kier molecular flexibility index (Phi) is 11.3. The third-order valence-electron chi connectivity index (χ3n) is 7.50. The lowest BCUT2D eigenvalue weighted by atomic mass is 9.90. The topological polar surface area (TPSA) is 66.8 Å². The van der Waals surface area contributed by atoms with Crippen molar-refractivity contribution in [1.82, 2.24) is 4.90 Å². The van der Waals surface area contributed by atoms with Crippen molar-refractivity contribution < 1.29 is 35.8 Å². The molecule has 1 atom stereocenters. The normalized spacial score (nSPS) is 12.9. The van der Waals surface area contributed by atoms with Crippen LogP contribution in [0.2, 0.25) is 5.02 Å². The van der Waals surface area contributed by atoms with E-state index in [1.807, 2.05) is 65.6 Å². The average Bonchev–Trinajstić information content (AvgIpc) is 2.99. The molecule has 0 saturated heterocycles. The van der Waals surface area contributed by atoms with Gasteiger partial charge in [-0.2, -0.15) is 13.2 Å². The molecule has 4 aromatic carbocycles. The van der Waals surface area contributed by atoms with Gasteiger partial charge in [0.2, 0.25) is 0 Å². The Bertz CT molecular complexity index is 1650. The molecule has 4 rings (SSSR count). The minimum atomic E-state index is -4.61. The molecule has 0 aliphatic rings. The fraction of sp³-hybridized carbons (Fsp3) is 0.294. The lowest BCUT2D eigenvalue weighted by Crippen LogP contribution is -2.32. The molecule has 5 nitrogen and oxygen atoms in total. The highest BCUT2D eigenvalue weighted by Gasteiger charge is 2.34. The Balaban J connectivity index is 1.62. The summed E-state index contributed by atoms with van der Waals surface area (Å²) in [5.41, 5.74) is 1.13. The van der Waals surface area contributed by atoms with E-state index in [0.717, 1.165) is 29.5 Å². The number of aliphatic hydroxyl groups excluding tert-OH is 1. The van der Waals surface area contributed by atoms with E-state index in [1.165, 1.54) is 12.1 Å². The van der Waals surface area contributed by atoms with Gasteiger partial charge in [-0.15, -0.1) is 0 Å². The Morgan fingerprint density at radius 1 is 0.933 bits per heavy atom. The zero-order chi connectivity index (χ0) is 32.8. The van der Waals surface area contributed by atoms with Gasteiger partial charge in [-0.3, -0.25) is 4.90 Å². The molecular formula is C34H34ClF4NO4S. The molecule has 1 unspecified atom stereocenters. The van der Waals surface area contributed by atoms with Crippen LogP contribution in [-0.2, 0) is 29.2 Å². The third kappa shape index (κ3) is 9.07. The molecule has 0 aliphatic heterocycles. The van der Waals surface area contributed by atoms with Crippen LogP contribution < -0.4 is 4.74 Å². The Morgan fingerprint density at radius 2 is 1.53 bits per heavy atom. The number of alkyl halides is 3. The third-order valence-corrected chi connectivity index (χ3v) is 9.11. The molecule has 0 radical (unpaired) electrons. The van der Waals surface area contributed by atoms with Crippen LogP contribution in [0.25, 0.3) is 0 Å². The molecular weight excluding hydrogens is 630 g/mol. The summed E-state index contributed by atoms with van der Waals surface area (Å²) in [7, 11) is -3.85. The maximum Gasteiger partial charge on any atom is 0.417 e. The molecule has 0 saturated carbocycles. The number of rotatable bonds is 13. The second-order valence-electron chi connectivity index (χ2n) is 10.9. The molecule has 4 aromatic rings. The molecule has 11 heteroatoms. The number of halogens is 5. The second kappa shape index (κ2) is 14.8. The zero-order valence-electron chi connectivity index (χ0n) is 24.8. The largest absolute Gasteiger partial charge is 0.491 e. The zero-order valence-corrected chi connectivity index (χ0v) is 26.3. The standard InChI is InChI=1S/C34H34ClF4NO4S/c1-23(44-27-18-31(36)29(22-41)32(19-27)45(2,42)43)16-17-40(20-26-14-9-15-30(33(26)35)34(37,38)39)21-28(24-10-5-3-6-11-24)25-12-7-4-8-13-25/h3-15,18-19,23,28,41H,16-17,20-22H2,1-2H3. The van der Waals surface area contributed by atoms with E-state index >= 15 is 0 Å². The molecule has 0 aromatic heterocycles. The number of sulfone groups is 1. The summed E-state index contributed by atoms with van der Waals surface area (Å²) in [6, 6.07) is 25.6. The number of benzene rings is 4. The number of hydrogen-bond donors (Lipinski definition) is 1. The predicted octanol–water partition coefficient (Wildman–Crippen LogP) is 7.89. The summed E-state index contributed by atoms with van der Waals surface area (Å²) in [6.45, 7) is 1.86. The molecule has 0 amide bonds. The van der Waals surface area contributed by atoms with Crippen molar-refractivity contribution in [2.24, 2.45) is 0 Å². The van der Waals surface area contributed by atoms with Gasteiger partial charge in [0.15, 0.2) is 9.84 Å². The molecule has 0 spiro atoms. The summed E-state index contributed by atoms with van der Waals surface area (Å²) < 4.78 is 86.0. The van der Waals surface area contributed by atoms with Crippen LogP contribution >= 0.6 is 11.6 Å². The van der Waals surface area contributed by atoms with Crippen molar-refractivity contribution in [3.8, 4) is 5.75 Å². The molecule has 0 bridgehead atoms. The molecule has 0 aliphatic carbocycles. The Labute approximate surface area is 266 Å². The van der Waals surface area contributed by atoms with Crippen molar-refractivity contribution in [2.75, 3.05) is 19.3 Å².